The Morgan fingerprint density at radius 2 is 1.34 bits per heavy atom. The van der Waals surface area contributed by atoms with E-state index in [-0.39, 0.29) is 42.7 Å². The van der Waals surface area contributed by atoms with Crippen molar-refractivity contribution in [1.29, 1.82) is 0 Å². The SMILES string of the molecule is Cc1ccc(C(=O)CCC(=O)N2CCN(CC(=O)c3ccc(F)cc3)CC2)cc1. The van der Waals surface area contributed by atoms with E-state index in [4.69, 9.17) is 0 Å². The minimum absolute atomic E-state index is 0.0260. The van der Waals surface area contributed by atoms with Crippen LogP contribution in [0.3, 0.4) is 0 Å². The first-order valence-electron chi connectivity index (χ1n) is 9.81. The van der Waals surface area contributed by atoms with Gasteiger partial charge in [-0.1, -0.05) is 29.8 Å². The molecule has 0 radical (unpaired) electrons. The second-order valence-corrected chi connectivity index (χ2v) is 7.38. The molecule has 1 heterocycles. The van der Waals surface area contributed by atoms with Crippen LogP contribution in [0.4, 0.5) is 4.39 Å². The van der Waals surface area contributed by atoms with Gasteiger partial charge >= 0.3 is 0 Å². The lowest BCUT2D eigenvalue weighted by molar-refractivity contribution is -0.132. The summed E-state index contributed by atoms with van der Waals surface area (Å²) in [6.07, 6.45) is 0.395. The molecule has 3 rings (SSSR count). The van der Waals surface area contributed by atoms with Crippen LogP contribution >= 0.6 is 0 Å². The topological polar surface area (TPSA) is 57.7 Å². The Bertz CT molecular complexity index is 870. The van der Waals surface area contributed by atoms with E-state index in [0.29, 0.717) is 37.3 Å². The van der Waals surface area contributed by atoms with Crippen molar-refractivity contribution in [2.75, 3.05) is 32.7 Å². The number of amides is 1. The fourth-order valence-corrected chi connectivity index (χ4v) is 3.35. The first-order chi connectivity index (χ1) is 13.9. The summed E-state index contributed by atoms with van der Waals surface area (Å²) in [5.74, 6) is -0.486. The minimum Gasteiger partial charge on any atom is -0.340 e. The Labute approximate surface area is 170 Å². The predicted molar refractivity (Wildman–Crippen MR) is 108 cm³/mol. The van der Waals surface area contributed by atoms with E-state index >= 15 is 0 Å². The van der Waals surface area contributed by atoms with Crippen LogP contribution in [0, 0.1) is 12.7 Å². The third-order valence-corrected chi connectivity index (χ3v) is 5.20. The number of hydrogen-bond acceptors (Lipinski definition) is 4. The van der Waals surface area contributed by atoms with E-state index in [1.807, 2.05) is 24.0 Å². The molecule has 6 heteroatoms. The Balaban J connectivity index is 1.42. The molecule has 0 aliphatic carbocycles. The average molecular weight is 396 g/mol. The van der Waals surface area contributed by atoms with E-state index in [2.05, 4.69) is 0 Å². The van der Waals surface area contributed by atoms with Crippen LogP contribution in [0.1, 0.15) is 39.1 Å². The lowest BCUT2D eigenvalue weighted by Crippen LogP contribution is -2.49. The monoisotopic (exact) mass is 396 g/mol. The van der Waals surface area contributed by atoms with Gasteiger partial charge in [0.25, 0.3) is 0 Å². The molecule has 5 nitrogen and oxygen atoms in total. The molecule has 0 spiro atoms. The zero-order valence-corrected chi connectivity index (χ0v) is 16.6. The predicted octanol–water partition coefficient (Wildman–Crippen LogP) is 3.12. The zero-order valence-electron chi connectivity index (χ0n) is 16.6. The normalized spacial score (nSPS) is 14.6. The minimum atomic E-state index is -0.366. The van der Waals surface area contributed by atoms with E-state index in [1.54, 1.807) is 17.0 Å². The summed E-state index contributed by atoms with van der Waals surface area (Å²) >= 11 is 0. The molecule has 2 aromatic rings. The number of carbonyl (C=O) groups is 3. The molecule has 0 saturated carbocycles. The van der Waals surface area contributed by atoms with Crippen LogP contribution in [0.15, 0.2) is 48.5 Å². The Hall–Kier alpha value is -2.86. The number of halogens is 1. The van der Waals surface area contributed by atoms with Gasteiger partial charge in [0.1, 0.15) is 5.82 Å². The van der Waals surface area contributed by atoms with Crippen molar-refractivity contribution in [3.63, 3.8) is 0 Å². The number of nitrogens with zero attached hydrogens (tertiary/aromatic N) is 2. The van der Waals surface area contributed by atoms with Crippen molar-refractivity contribution in [2.24, 2.45) is 0 Å². The molecule has 0 N–H and O–H groups in total. The largest absolute Gasteiger partial charge is 0.340 e. The van der Waals surface area contributed by atoms with Gasteiger partial charge in [-0.15, -0.1) is 0 Å². The number of piperazine rings is 1. The fraction of sp³-hybridized carbons (Fsp3) is 0.348. The van der Waals surface area contributed by atoms with Gasteiger partial charge in [-0.2, -0.15) is 0 Å². The maximum Gasteiger partial charge on any atom is 0.223 e. The van der Waals surface area contributed by atoms with Gasteiger partial charge < -0.3 is 4.90 Å². The van der Waals surface area contributed by atoms with Gasteiger partial charge in [0, 0.05) is 50.1 Å². The summed E-state index contributed by atoms with van der Waals surface area (Å²) in [5, 5.41) is 0. The number of ketones is 2. The second kappa shape index (κ2) is 9.56. The zero-order chi connectivity index (χ0) is 20.8. The number of benzene rings is 2. The highest BCUT2D eigenvalue weighted by molar-refractivity contribution is 5.98. The van der Waals surface area contributed by atoms with Gasteiger partial charge in [0.05, 0.1) is 6.54 Å². The maximum atomic E-state index is 13.0. The molecular weight excluding hydrogens is 371 g/mol. The first-order valence-corrected chi connectivity index (χ1v) is 9.81. The Kier molecular flexibility index (Phi) is 6.88. The van der Waals surface area contributed by atoms with E-state index < -0.39 is 0 Å². The third-order valence-electron chi connectivity index (χ3n) is 5.20. The van der Waals surface area contributed by atoms with Crippen molar-refractivity contribution < 1.29 is 18.8 Å². The Morgan fingerprint density at radius 1 is 0.793 bits per heavy atom. The van der Waals surface area contributed by atoms with Crippen molar-refractivity contribution in [3.05, 3.63) is 71.0 Å². The van der Waals surface area contributed by atoms with Crippen molar-refractivity contribution in [2.45, 2.75) is 19.8 Å². The van der Waals surface area contributed by atoms with E-state index in [1.165, 1.54) is 24.3 Å². The molecule has 29 heavy (non-hydrogen) atoms. The van der Waals surface area contributed by atoms with Crippen molar-refractivity contribution in [3.8, 4) is 0 Å². The lowest BCUT2D eigenvalue weighted by atomic mass is 10.0. The second-order valence-electron chi connectivity index (χ2n) is 7.38. The van der Waals surface area contributed by atoms with Crippen molar-refractivity contribution >= 4 is 17.5 Å². The maximum absolute atomic E-state index is 13.0. The fourth-order valence-electron chi connectivity index (χ4n) is 3.35. The van der Waals surface area contributed by atoms with Crippen LogP contribution in [-0.4, -0.2) is 60.0 Å². The first kappa shape index (κ1) is 20.9. The quantitative estimate of drug-likeness (QED) is 0.675. The molecule has 1 saturated heterocycles. The molecule has 1 amide bonds. The molecule has 1 aliphatic rings. The van der Waals surface area contributed by atoms with Crippen molar-refractivity contribution in [1.82, 2.24) is 9.80 Å². The third kappa shape index (κ3) is 5.81. The molecule has 0 atom stereocenters. The molecule has 2 aromatic carbocycles. The van der Waals surface area contributed by atoms with Crippen LogP contribution in [0.5, 0.6) is 0 Å². The van der Waals surface area contributed by atoms with Crippen LogP contribution in [0.25, 0.3) is 0 Å². The summed E-state index contributed by atoms with van der Waals surface area (Å²) < 4.78 is 13.0. The van der Waals surface area contributed by atoms with E-state index in [0.717, 1.165) is 5.56 Å². The molecular formula is C23H25FN2O3. The highest BCUT2D eigenvalue weighted by Gasteiger charge is 2.23. The van der Waals surface area contributed by atoms with Gasteiger partial charge in [-0.05, 0) is 31.2 Å². The molecule has 152 valence electrons. The Morgan fingerprint density at radius 3 is 1.97 bits per heavy atom. The number of carbonyl (C=O) groups excluding carboxylic acids is 3. The molecule has 0 unspecified atom stereocenters. The molecule has 1 fully saturated rings. The molecule has 0 bridgehead atoms. The molecule has 1 aliphatic heterocycles. The van der Waals surface area contributed by atoms with E-state index in [9.17, 15) is 18.8 Å². The summed E-state index contributed by atoms with van der Waals surface area (Å²) in [5.41, 5.74) is 2.21. The number of rotatable bonds is 7. The number of hydrogen-bond donors (Lipinski definition) is 0. The van der Waals surface area contributed by atoms with Crippen LogP contribution in [-0.2, 0) is 4.79 Å². The standard InChI is InChI=1S/C23H25FN2O3/c1-17-2-4-18(5-3-17)21(27)10-11-23(29)26-14-12-25(13-15-26)16-22(28)19-6-8-20(24)9-7-19/h2-9H,10-16H2,1H3. The van der Waals surface area contributed by atoms with Gasteiger partial charge in [-0.25, -0.2) is 4.39 Å². The van der Waals surface area contributed by atoms with Gasteiger partial charge in [0.15, 0.2) is 11.6 Å². The smallest absolute Gasteiger partial charge is 0.223 e. The van der Waals surface area contributed by atoms with Crippen LogP contribution < -0.4 is 0 Å². The summed E-state index contributed by atoms with van der Waals surface area (Å²) in [6.45, 7) is 4.49. The van der Waals surface area contributed by atoms with Gasteiger partial charge in [0.2, 0.25) is 5.91 Å². The molecule has 0 aromatic heterocycles. The number of Topliss-reactive ketones (excluding diaryl/α,β-unsaturated/α-hetero) is 2. The average Bonchev–Trinajstić information content (AvgIpc) is 2.73. The van der Waals surface area contributed by atoms with Gasteiger partial charge in [-0.3, -0.25) is 19.3 Å². The highest BCUT2D eigenvalue weighted by atomic mass is 19.1. The summed E-state index contributed by atoms with van der Waals surface area (Å²) in [6, 6.07) is 12.9. The van der Waals surface area contributed by atoms with Crippen LogP contribution in [0.2, 0.25) is 0 Å². The number of aryl methyl sites for hydroxylation is 1. The summed E-state index contributed by atoms with van der Waals surface area (Å²) in [7, 11) is 0. The summed E-state index contributed by atoms with van der Waals surface area (Å²) in [4.78, 5) is 40.7. The highest BCUT2D eigenvalue weighted by Crippen LogP contribution is 2.11. The lowest BCUT2D eigenvalue weighted by Gasteiger charge is -2.34.